The van der Waals surface area contributed by atoms with Gasteiger partial charge in [-0.25, -0.2) is 0 Å². The molecule has 0 aromatic carbocycles. The van der Waals surface area contributed by atoms with Crippen LogP contribution in [0.3, 0.4) is 0 Å². The molecule has 1 fully saturated rings. The molecule has 48 valence electrons. The number of ether oxygens (including phenoxy) is 2. The average Bonchev–Trinajstić information content (AvgIpc) is 1.85. The Morgan fingerprint density at radius 1 is 0.875 bits per heavy atom. The van der Waals surface area contributed by atoms with Crippen molar-refractivity contribution in [1.82, 2.24) is 0 Å². The molecule has 0 amide bonds. The molecule has 0 radical (unpaired) electrons. The molecule has 0 saturated carbocycles. The third-order valence-corrected chi connectivity index (χ3v) is 1.47. The minimum absolute atomic E-state index is 0.000000000000000222. The van der Waals surface area contributed by atoms with E-state index in [-0.39, 0.29) is 18.5 Å². The molecule has 1 aliphatic rings. The van der Waals surface area contributed by atoms with E-state index in [0.29, 0.717) is 0 Å². The topological polar surface area (TPSA) is 18.5 Å². The first-order valence-electron chi connectivity index (χ1n) is 3.01. The van der Waals surface area contributed by atoms with Crippen LogP contribution in [0, 0.1) is 0 Å². The van der Waals surface area contributed by atoms with E-state index < -0.39 is 0 Å². The molecule has 1 saturated heterocycles. The number of hydrogen-bond donors (Lipinski definition) is 0. The van der Waals surface area contributed by atoms with Crippen molar-refractivity contribution in [2.24, 2.45) is 0 Å². The second kappa shape index (κ2) is 2.03. The summed E-state index contributed by atoms with van der Waals surface area (Å²) in [5.74, 6) is 0. The molecule has 1 heterocycles. The van der Waals surface area contributed by atoms with Gasteiger partial charge in [-0.1, -0.05) is 0 Å². The maximum Gasteiger partial charge on any atom is 0.155 e. The van der Waals surface area contributed by atoms with Gasteiger partial charge in [0.05, 0.1) is 12.2 Å². The van der Waals surface area contributed by atoms with Gasteiger partial charge in [-0.2, -0.15) is 0 Å². The van der Waals surface area contributed by atoms with Crippen LogP contribution in [0.1, 0.15) is 20.8 Å². The van der Waals surface area contributed by atoms with E-state index in [2.05, 4.69) is 0 Å². The Morgan fingerprint density at radius 2 is 1.25 bits per heavy atom. The van der Waals surface area contributed by atoms with Crippen molar-refractivity contribution in [3.05, 3.63) is 0 Å². The molecule has 2 unspecified atom stereocenters. The normalized spacial score (nSPS) is 47.6. The number of rotatable bonds is 0. The third kappa shape index (κ3) is 1.01. The second-order valence-electron chi connectivity index (χ2n) is 2.25. The molecule has 0 aromatic heterocycles. The highest BCUT2D eigenvalue weighted by molar-refractivity contribution is 4.66. The molecule has 0 bridgehead atoms. The van der Waals surface area contributed by atoms with Crippen molar-refractivity contribution in [1.29, 1.82) is 0 Å². The van der Waals surface area contributed by atoms with Crippen LogP contribution in [0.5, 0.6) is 0 Å². The Balaban J connectivity index is 2.39. The maximum absolute atomic E-state index is 5.25. The van der Waals surface area contributed by atoms with E-state index >= 15 is 0 Å². The smallest absolute Gasteiger partial charge is 0.155 e. The molecule has 8 heavy (non-hydrogen) atoms. The van der Waals surface area contributed by atoms with Gasteiger partial charge in [0.2, 0.25) is 0 Å². The van der Waals surface area contributed by atoms with E-state index in [1.54, 1.807) is 0 Å². The Hall–Kier alpha value is -0.0800. The first-order chi connectivity index (χ1) is 3.70. The van der Waals surface area contributed by atoms with Gasteiger partial charge in [0, 0.05) is 0 Å². The van der Waals surface area contributed by atoms with Gasteiger partial charge in [-0.15, -0.1) is 0 Å². The number of hydrogen-bond acceptors (Lipinski definition) is 2. The molecule has 3 atom stereocenters. The predicted octanol–water partition coefficient (Wildman–Crippen LogP) is 1.16. The molecular formula is C6H12O2. The lowest BCUT2D eigenvalue weighted by Crippen LogP contribution is -2.13. The molecule has 0 N–H and O–H groups in total. The minimum Gasteiger partial charge on any atom is -0.347 e. The van der Waals surface area contributed by atoms with E-state index in [1.807, 2.05) is 20.8 Å². The molecule has 0 aliphatic carbocycles. The fourth-order valence-corrected chi connectivity index (χ4v) is 0.858. The van der Waals surface area contributed by atoms with Gasteiger partial charge in [0.25, 0.3) is 0 Å². The molecular weight excluding hydrogens is 104 g/mol. The minimum atomic E-state index is -0.000000000000000222. The average molecular weight is 116 g/mol. The highest BCUT2D eigenvalue weighted by Gasteiger charge is 2.25. The Kier molecular flexibility index (Phi) is 1.54. The molecule has 0 aromatic rings. The van der Waals surface area contributed by atoms with Gasteiger partial charge in [-0.3, -0.25) is 0 Å². The van der Waals surface area contributed by atoms with E-state index in [4.69, 9.17) is 9.47 Å². The zero-order valence-corrected chi connectivity index (χ0v) is 5.55. The van der Waals surface area contributed by atoms with Crippen LogP contribution in [0.25, 0.3) is 0 Å². The summed E-state index contributed by atoms with van der Waals surface area (Å²) in [4.78, 5) is 0. The van der Waals surface area contributed by atoms with Crippen LogP contribution in [-0.2, 0) is 9.47 Å². The Bertz CT molecular complexity index is 72.6. The van der Waals surface area contributed by atoms with Crippen molar-refractivity contribution in [3.63, 3.8) is 0 Å². The lowest BCUT2D eigenvalue weighted by molar-refractivity contribution is -0.0470. The van der Waals surface area contributed by atoms with E-state index in [0.717, 1.165) is 0 Å². The van der Waals surface area contributed by atoms with Crippen LogP contribution < -0.4 is 0 Å². The molecule has 2 nitrogen and oxygen atoms in total. The van der Waals surface area contributed by atoms with Crippen molar-refractivity contribution < 1.29 is 9.47 Å². The quantitative estimate of drug-likeness (QED) is 0.472. The van der Waals surface area contributed by atoms with Crippen LogP contribution in [0.4, 0.5) is 0 Å². The highest BCUT2D eigenvalue weighted by Crippen LogP contribution is 2.16. The van der Waals surface area contributed by atoms with E-state index in [1.165, 1.54) is 0 Å². The summed E-state index contributed by atoms with van der Waals surface area (Å²) in [5, 5.41) is 0. The summed E-state index contributed by atoms with van der Waals surface area (Å²) in [6, 6.07) is 0. The van der Waals surface area contributed by atoms with Gasteiger partial charge >= 0.3 is 0 Å². The summed E-state index contributed by atoms with van der Waals surface area (Å²) >= 11 is 0. The van der Waals surface area contributed by atoms with Crippen molar-refractivity contribution in [3.8, 4) is 0 Å². The summed E-state index contributed by atoms with van der Waals surface area (Å²) in [5.41, 5.74) is 0. The third-order valence-electron chi connectivity index (χ3n) is 1.47. The van der Waals surface area contributed by atoms with Crippen LogP contribution in [-0.4, -0.2) is 18.5 Å². The van der Waals surface area contributed by atoms with Gasteiger partial charge in [0.15, 0.2) is 6.29 Å². The Labute approximate surface area is 49.8 Å². The fraction of sp³-hybridized carbons (Fsp3) is 1.00. The Morgan fingerprint density at radius 3 is 1.38 bits per heavy atom. The van der Waals surface area contributed by atoms with Gasteiger partial charge in [-0.05, 0) is 20.8 Å². The molecule has 0 spiro atoms. The van der Waals surface area contributed by atoms with Crippen LogP contribution in [0.15, 0.2) is 0 Å². The van der Waals surface area contributed by atoms with Gasteiger partial charge < -0.3 is 9.47 Å². The molecule has 1 aliphatic heterocycles. The van der Waals surface area contributed by atoms with Crippen LogP contribution in [0.2, 0.25) is 0 Å². The standard InChI is InChI=1S/C6H12O2/c1-4-5(2)8-6(3)7-4/h4-6H,1-3H3/t4-,5?,6?/m1/s1. The van der Waals surface area contributed by atoms with Crippen LogP contribution >= 0.6 is 0 Å². The fourth-order valence-electron chi connectivity index (χ4n) is 0.858. The van der Waals surface area contributed by atoms with Crippen molar-refractivity contribution in [2.75, 3.05) is 0 Å². The lowest BCUT2D eigenvalue weighted by Gasteiger charge is -2.02. The first-order valence-corrected chi connectivity index (χ1v) is 3.01. The second-order valence-corrected chi connectivity index (χ2v) is 2.25. The van der Waals surface area contributed by atoms with Crippen molar-refractivity contribution >= 4 is 0 Å². The summed E-state index contributed by atoms with van der Waals surface area (Å²) < 4.78 is 10.5. The predicted molar refractivity (Wildman–Crippen MR) is 30.6 cm³/mol. The van der Waals surface area contributed by atoms with Gasteiger partial charge in [0.1, 0.15) is 0 Å². The highest BCUT2D eigenvalue weighted by atomic mass is 16.7. The summed E-state index contributed by atoms with van der Waals surface area (Å²) in [6.07, 6.45) is 0.537. The lowest BCUT2D eigenvalue weighted by atomic mass is 10.3. The summed E-state index contributed by atoms with van der Waals surface area (Å²) in [6.45, 7) is 5.96. The first kappa shape index (κ1) is 6.05. The van der Waals surface area contributed by atoms with E-state index in [9.17, 15) is 0 Å². The summed E-state index contributed by atoms with van der Waals surface area (Å²) in [7, 11) is 0. The molecule has 2 heteroatoms. The zero-order chi connectivity index (χ0) is 6.15. The maximum atomic E-state index is 5.25. The molecule has 1 rings (SSSR count). The zero-order valence-electron chi connectivity index (χ0n) is 5.55. The van der Waals surface area contributed by atoms with Crippen molar-refractivity contribution in [2.45, 2.75) is 39.3 Å². The largest absolute Gasteiger partial charge is 0.347 e. The monoisotopic (exact) mass is 116 g/mol. The SMILES string of the molecule is CC1OC(C)[C@@H](C)O1.